The lowest BCUT2D eigenvalue weighted by molar-refractivity contribution is -0.408. The first-order valence-electron chi connectivity index (χ1n) is 49.7. The van der Waals surface area contributed by atoms with Crippen molar-refractivity contribution in [2.24, 2.45) is 0 Å². The smallest absolute Gasteiger partial charge is 0.364 e. The Balaban J connectivity index is 1.23. The Morgan fingerprint density at radius 3 is 1.10 bits per heavy atom. The average molecular weight is 2040 g/mol. The number of carbonyl (C=O) groups is 7. The molecule has 0 aromatic carbocycles. The van der Waals surface area contributed by atoms with Crippen LogP contribution in [0, 0.1) is 0 Å². The van der Waals surface area contributed by atoms with E-state index in [2.05, 4.69) is 40.4 Å². The maximum absolute atomic E-state index is 14.2. The van der Waals surface area contributed by atoms with E-state index >= 15 is 0 Å². The molecule has 0 aromatic heterocycles. The van der Waals surface area contributed by atoms with Gasteiger partial charge in [-0.1, -0.05) is 180 Å². The molecule has 0 aliphatic carbocycles. The second-order valence-corrected chi connectivity index (χ2v) is 37.8. The molecule has 0 radical (unpaired) electrons. The first-order chi connectivity index (χ1) is 67.2. The third-order valence-electron chi connectivity index (χ3n) is 26.6. The maximum Gasteiger partial charge on any atom is 0.364 e. The number of hydrogen-bond donors (Lipinski definition) is 28. The van der Waals surface area contributed by atoms with Crippen LogP contribution in [0.4, 0.5) is 0 Å². The van der Waals surface area contributed by atoms with Crippen LogP contribution in [-0.4, -0.2) is 450 Å². The molecular weight excluding hydrogens is 1880 g/mol. The predicted octanol–water partition coefficient (Wildman–Crippen LogP) is -5.90. The minimum absolute atomic E-state index is 0.0741. The van der Waals surface area contributed by atoms with Crippen LogP contribution in [0.25, 0.3) is 0 Å². The summed E-state index contributed by atoms with van der Waals surface area (Å²) < 4.78 is 85.9. The van der Waals surface area contributed by atoms with E-state index in [-0.39, 0.29) is 6.42 Å². The van der Waals surface area contributed by atoms with Gasteiger partial charge in [-0.05, 0) is 19.3 Å². The minimum Gasteiger partial charge on any atom is -0.477 e. The zero-order valence-corrected chi connectivity index (χ0v) is 81.2. The highest BCUT2D eigenvalue weighted by Gasteiger charge is 2.65. The first kappa shape index (κ1) is 123. The number of hydrogen-bond acceptors (Lipinski definition) is 42. The number of amides is 5. The van der Waals surface area contributed by atoms with Gasteiger partial charge in [0.25, 0.3) is 11.6 Å². The lowest BCUT2D eigenvalue weighted by Crippen LogP contribution is -2.73. The van der Waals surface area contributed by atoms with E-state index in [4.69, 9.17) is 66.3 Å². The number of rotatable bonds is 63. The Morgan fingerprint density at radius 1 is 0.369 bits per heavy atom. The lowest BCUT2D eigenvalue weighted by atomic mass is 9.88. The zero-order chi connectivity index (χ0) is 104. The quantitative estimate of drug-likeness (QED) is 0.0199. The highest BCUT2D eigenvalue weighted by Crippen LogP contribution is 2.44. The number of aliphatic carboxylic acids is 2. The summed E-state index contributed by atoms with van der Waals surface area (Å²) in [5, 5.41) is 276. The Kier molecular flexibility index (Phi) is 53.5. The van der Waals surface area contributed by atoms with Crippen LogP contribution in [0.1, 0.15) is 234 Å². The number of aliphatic hydroxyl groups excluding tert-OH is 21. The van der Waals surface area contributed by atoms with Crippen LogP contribution < -0.4 is 26.6 Å². The van der Waals surface area contributed by atoms with Crippen molar-refractivity contribution in [3.05, 3.63) is 12.2 Å². The van der Waals surface area contributed by atoms with Gasteiger partial charge in [-0.15, -0.1) is 0 Å². The molecule has 0 unspecified atom stereocenters. The van der Waals surface area contributed by atoms with E-state index in [1.807, 2.05) is 0 Å². The van der Waals surface area contributed by atoms with E-state index < -0.39 is 345 Å². The molecule has 39 atom stereocenters. The number of carboxylic acid groups (broad SMARTS) is 2. The van der Waals surface area contributed by atoms with Gasteiger partial charge >= 0.3 is 11.9 Å². The second kappa shape index (κ2) is 61.6. The number of allylic oxidation sites excluding steroid dienone is 1. The molecule has 7 heterocycles. The Hall–Kier alpha value is -5.37. The molecular formula is C92H161N5O44. The number of ether oxygens (including phenoxy) is 14. The highest BCUT2D eigenvalue weighted by molar-refractivity contribution is 5.78. The summed E-state index contributed by atoms with van der Waals surface area (Å²) in [5.74, 6) is -16.0. The van der Waals surface area contributed by atoms with Crippen LogP contribution in [-0.2, 0) is 99.9 Å². The SMILES string of the molecule is CCCCCCCCCCCCC/C=C/[C@@H](O)[C@H](CO[C@@H]1O[C@H](CO)[C@@H](O[C@@H]2O[C@H](CO)[C@H](O[C@@H]3O[C@H](CO)[C@H](O)[C@H](O[C@@H]4O[C@H](CO)[C@H](O[C@@H]5O[C@H](CO)[C@H](O)[C@H](O)[C@H]5NC(C)=O)[C@H](O[C@]5(C(=O)O)C[C@H](O)[C@@H](NC(C)=O)[C@H]([C@H](O)[C@H](O)CO)O5)[C@H]4O)[C@H]3NC(C)=O)[C@H](O[C@]3(C(=O)O)C[C@H](O)[C@@H](NC(C)=O)[C@H]([C@H](O)[C@H](O)CO)O3)[C@H]2O)[C@@H](O)[C@H]1O)NC(=O)CCCCCCCCCCCCCCCCC. The number of unbranched alkanes of at least 4 members (excludes halogenated alkanes) is 25. The summed E-state index contributed by atoms with van der Waals surface area (Å²) in [4.78, 5) is 93.9. The van der Waals surface area contributed by atoms with E-state index in [0.717, 1.165) is 98.3 Å². The van der Waals surface area contributed by atoms with Crippen molar-refractivity contribution in [3.8, 4) is 0 Å². The van der Waals surface area contributed by atoms with Crippen molar-refractivity contribution in [2.75, 3.05) is 52.9 Å². The number of carbonyl (C=O) groups excluding carboxylic acids is 5. The molecule has 0 saturated carbocycles. The molecule has 818 valence electrons. The van der Waals surface area contributed by atoms with Gasteiger partial charge in [-0.2, -0.15) is 0 Å². The molecule has 7 aliphatic rings. The highest BCUT2D eigenvalue weighted by atomic mass is 16.8. The van der Waals surface area contributed by atoms with Gasteiger partial charge in [0.2, 0.25) is 29.5 Å². The standard InChI is InChI=1S/C92H161N5O44/c1-7-9-11-13-15-17-19-21-22-24-26-28-30-32-34-36-62(114)97-51(52(109)35-33-31-29-27-25-23-20-18-16-14-12-10-8-2)46-128-86-73(121)72(120)76(59(43-102)131-86)134-87-74(122)82(140-91(89(124)125)37-53(110)63(93-47(3)105)80(138-91)67(115)55(112)39-98)78(61(45-104)132-87)136-85-66(96-50(6)108)79(70(118)58(42-101)130-85)137-88-75(123)83(77(60(44-103)133-88)135-84-65(95-49(5)107)71(119)69(117)57(41-100)129-84)141-92(90(126)127)38-54(111)64(94-48(4)106)81(139-92)68(116)56(113)40-99/h33,35,51-61,63-88,98-104,109-113,115-123H,7-32,34,36-46H2,1-6H3,(H,93,105)(H,94,106)(H,95,107)(H,96,108)(H,97,114)(H,124,125)(H,126,127)/b35-33+/t51-,52+,53-,54-,55+,56+,57+,58+,59+,60+,61+,63+,64+,65+,66+,67+,68+,69-,70-,71+,72-,73+,74+,75+,76+,77-,78-,79+,80+,81+,82+,83+,84-,85-,86+,87-,88-,91-,92-/m0/s1. The van der Waals surface area contributed by atoms with Crippen molar-refractivity contribution in [1.82, 2.24) is 26.6 Å². The normalized spacial score (nSPS) is 36.1. The fraction of sp³-hybridized carbons (Fsp3) is 0.902. The van der Waals surface area contributed by atoms with E-state index in [1.54, 1.807) is 6.08 Å². The van der Waals surface area contributed by atoms with Crippen molar-refractivity contribution in [2.45, 2.75) is 472 Å². The molecule has 49 nitrogen and oxygen atoms in total. The molecule has 0 aromatic rings. The van der Waals surface area contributed by atoms with E-state index in [1.165, 1.54) is 96.0 Å². The first-order valence-corrected chi connectivity index (χ1v) is 49.7. The summed E-state index contributed by atoms with van der Waals surface area (Å²) in [6, 6.07) is -9.17. The van der Waals surface area contributed by atoms with Gasteiger partial charge in [0.1, 0.15) is 159 Å². The third-order valence-corrected chi connectivity index (χ3v) is 26.6. The predicted molar refractivity (Wildman–Crippen MR) is 484 cm³/mol. The van der Waals surface area contributed by atoms with Gasteiger partial charge in [-0.3, -0.25) is 24.0 Å². The van der Waals surface area contributed by atoms with Crippen LogP contribution in [0.15, 0.2) is 12.2 Å². The molecule has 7 aliphatic heterocycles. The van der Waals surface area contributed by atoms with Crippen molar-refractivity contribution >= 4 is 41.5 Å². The molecule has 0 bridgehead atoms. The third kappa shape index (κ3) is 35.1. The molecule has 28 N–H and O–H groups in total. The number of nitrogens with one attached hydrogen (secondary N) is 5. The van der Waals surface area contributed by atoms with E-state index in [9.17, 15) is 151 Å². The number of carboxylic acids is 2. The van der Waals surface area contributed by atoms with Crippen molar-refractivity contribution in [1.29, 1.82) is 0 Å². The molecule has 7 saturated heterocycles. The molecule has 49 heteroatoms. The van der Waals surface area contributed by atoms with Crippen LogP contribution in [0.5, 0.6) is 0 Å². The Bertz CT molecular complexity index is 3670. The van der Waals surface area contributed by atoms with Crippen LogP contribution in [0.2, 0.25) is 0 Å². The fourth-order valence-electron chi connectivity index (χ4n) is 18.8. The van der Waals surface area contributed by atoms with Gasteiger partial charge in [0.05, 0.1) is 89.3 Å². The Morgan fingerprint density at radius 2 is 0.709 bits per heavy atom. The Labute approximate surface area is 819 Å². The van der Waals surface area contributed by atoms with Gasteiger partial charge in [-0.25, -0.2) is 9.59 Å². The average Bonchev–Trinajstić information content (AvgIpc) is 0.743. The molecule has 7 fully saturated rings. The summed E-state index contributed by atoms with van der Waals surface area (Å²) in [5.41, 5.74) is 0. The lowest BCUT2D eigenvalue weighted by Gasteiger charge is -2.53. The van der Waals surface area contributed by atoms with E-state index in [0.29, 0.717) is 12.8 Å². The molecule has 7 rings (SSSR count). The molecule has 141 heavy (non-hydrogen) atoms. The largest absolute Gasteiger partial charge is 0.477 e. The topological polar surface area (TPSA) is 774 Å². The fourth-order valence-corrected chi connectivity index (χ4v) is 18.8. The summed E-state index contributed by atoms with van der Waals surface area (Å²) >= 11 is 0. The van der Waals surface area contributed by atoms with Crippen molar-refractivity contribution in [3.63, 3.8) is 0 Å². The van der Waals surface area contributed by atoms with Gasteiger partial charge in [0, 0.05) is 47.0 Å². The van der Waals surface area contributed by atoms with Gasteiger partial charge in [0.15, 0.2) is 31.5 Å². The van der Waals surface area contributed by atoms with Gasteiger partial charge < -0.3 is 210 Å². The molecule has 0 spiro atoms. The molecule has 5 amide bonds. The summed E-state index contributed by atoms with van der Waals surface area (Å²) in [6.07, 6.45) is -43.5. The number of aliphatic hydroxyl groups is 21. The van der Waals surface area contributed by atoms with Crippen LogP contribution in [0.3, 0.4) is 0 Å². The zero-order valence-electron chi connectivity index (χ0n) is 81.2. The van der Waals surface area contributed by atoms with Crippen LogP contribution >= 0.6 is 0 Å². The minimum atomic E-state index is -3.56. The monoisotopic (exact) mass is 2040 g/mol. The summed E-state index contributed by atoms with van der Waals surface area (Å²) in [6.45, 7) is -1.57. The second-order valence-electron chi connectivity index (χ2n) is 37.8. The van der Waals surface area contributed by atoms with Crippen molar-refractivity contribution < 1.29 is 217 Å². The maximum atomic E-state index is 14.2. The summed E-state index contributed by atoms with van der Waals surface area (Å²) in [7, 11) is 0.